The summed E-state index contributed by atoms with van der Waals surface area (Å²) in [6.45, 7) is 2.55. The van der Waals surface area contributed by atoms with Gasteiger partial charge in [0.1, 0.15) is 17.3 Å². The van der Waals surface area contributed by atoms with Crippen LogP contribution in [-0.4, -0.2) is 30.2 Å². The van der Waals surface area contributed by atoms with Gasteiger partial charge in [-0.05, 0) is 54.4 Å². The van der Waals surface area contributed by atoms with Crippen LogP contribution in [0.1, 0.15) is 29.3 Å². The third-order valence-electron chi connectivity index (χ3n) is 5.38. The highest BCUT2D eigenvalue weighted by molar-refractivity contribution is 5.41. The van der Waals surface area contributed by atoms with Crippen LogP contribution in [-0.2, 0) is 13.1 Å². The number of aryl methyl sites for hydroxylation is 1. The molecule has 0 radical (unpaired) electrons. The molecule has 2 heterocycles. The molecule has 28 heavy (non-hydrogen) atoms. The number of fused-ring (bicyclic) bond motifs is 1. The Kier molecular flexibility index (Phi) is 5.35. The van der Waals surface area contributed by atoms with Gasteiger partial charge in [-0.2, -0.15) is 0 Å². The van der Waals surface area contributed by atoms with E-state index in [0.717, 1.165) is 42.1 Å². The highest BCUT2D eigenvalue weighted by Gasteiger charge is 2.28. The topological polar surface area (TPSA) is 26.6 Å². The fourth-order valence-electron chi connectivity index (χ4n) is 4.09. The van der Waals surface area contributed by atoms with Crippen LogP contribution < -0.4 is 9.47 Å². The van der Waals surface area contributed by atoms with E-state index in [1.807, 2.05) is 24.3 Å². The minimum atomic E-state index is -0.209. The van der Waals surface area contributed by atoms with Gasteiger partial charge in [-0.1, -0.05) is 12.1 Å². The van der Waals surface area contributed by atoms with Gasteiger partial charge in [0.25, 0.3) is 0 Å². The average Bonchev–Trinajstić information content (AvgIpc) is 3.09. The number of aromatic nitrogens is 1. The van der Waals surface area contributed by atoms with Crippen molar-refractivity contribution in [1.82, 2.24) is 9.47 Å². The zero-order valence-electron chi connectivity index (χ0n) is 16.3. The van der Waals surface area contributed by atoms with E-state index in [-0.39, 0.29) is 11.9 Å². The summed E-state index contributed by atoms with van der Waals surface area (Å²) in [5.74, 6) is 1.42. The Balaban J connectivity index is 1.76. The van der Waals surface area contributed by atoms with Crippen molar-refractivity contribution in [2.45, 2.75) is 25.6 Å². The third kappa shape index (κ3) is 3.62. The molecule has 0 saturated heterocycles. The molecule has 1 aliphatic rings. The molecule has 0 N–H and O–H groups in total. The van der Waals surface area contributed by atoms with E-state index in [4.69, 9.17) is 9.47 Å². The molecule has 5 heteroatoms. The van der Waals surface area contributed by atoms with Crippen molar-refractivity contribution in [3.05, 3.63) is 83.4 Å². The van der Waals surface area contributed by atoms with Crippen LogP contribution in [0.4, 0.5) is 4.39 Å². The molecule has 0 saturated carbocycles. The molecule has 1 aliphatic heterocycles. The van der Waals surface area contributed by atoms with Crippen molar-refractivity contribution < 1.29 is 13.9 Å². The van der Waals surface area contributed by atoms with E-state index in [9.17, 15) is 4.39 Å². The second-order valence-electron chi connectivity index (χ2n) is 7.09. The number of benzene rings is 2. The highest BCUT2D eigenvalue weighted by atomic mass is 19.1. The lowest BCUT2D eigenvalue weighted by Gasteiger charge is -2.31. The van der Waals surface area contributed by atoms with E-state index in [1.54, 1.807) is 26.4 Å². The van der Waals surface area contributed by atoms with E-state index in [0.29, 0.717) is 6.54 Å². The molecule has 0 aliphatic carbocycles. The van der Waals surface area contributed by atoms with Crippen molar-refractivity contribution in [3.8, 4) is 11.5 Å². The summed E-state index contributed by atoms with van der Waals surface area (Å²) in [6, 6.07) is 17.0. The number of methoxy groups -OCH3 is 2. The van der Waals surface area contributed by atoms with Crippen LogP contribution in [0, 0.1) is 5.82 Å². The molecule has 4 rings (SSSR count). The van der Waals surface area contributed by atoms with E-state index in [1.165, 1.54) is 11.8 Å². The molecular formula is C23H25FN2O2. The fourth-order valence-corrected chi connectivity index (χ4v) is 4.09. The molecule has 3 aromatic rings. The van der Waals surface area contributed by atoms with Crippen LogP contribution in [0.15, 0.2) is 60.8 Å². The Hall–Kier alpha value is -2.79. The van der Waals surface area contributed by atoms with Gasteiger partial charge in [0.05, 0.1) is 20.3 Å². The smallest absolute Gasteiger partial charge is 0.123 e. The summed E-state index contributed by atoms with van der Waals surface area (Å²) in [7, 11) is 3.35. The SMILES string of the molecule is COc1ccc(OC)c(CN2CCCn3cccc3C2c2cccc(F)c2)c1. The van der Waals surface area contributed by atoms with Crippen molar-refractivity contribution in [3.63, 3.8) is 0 Å². The molecule has 4 nitrogen and oxygen atoms in total. The van der Waals surface area contributed by atoms with Gasteiger partial charge >= 0.3 is 0 Å². The molecule has 0 bridgehead atoms. The lowest BCUT2D eigenvalue weighted by molar-refractivity contribution is 0.216. The summed E-state index contributed by atoms with van der Waals surface area (Å²) in [5.41, 5.74) is 3.21. The molecule has 2 aromatic carbocycles. The Bertz CT molecular complexity index is 953. The van der Waals surface area contributed by atoms with E-state index >= 15 is 0 Å². The monoisotopic (exact) mass is 380 g/mol. The average molecular weight is 380 g/mol. The second-order valence-corrected chi connectivity index (χ2v) is 7.09. The predicted octanol–water partition coefficient (Wildman–Crippen LogP) is 4.64. The van der Waals surface area contributed by atoms with Crippen molar-refractivity contribution in [1.29, 1.82) is 0 Å². The van der Waals surface area contributed by atoms with Crippen LogP contribution >= 0.6 is 0 Å². The van der Waals surface area contributed by atoms with Crippen molar-refractivity contribution in [2.75, 3.05) is 20.8 Å². The maximum Gasteiger partial charge on any atom is 0.123 e. The van der Waals surface area contributed by atoms with Gasteiger partial charge < -0.3 is 14.0 Å². The normalized spacial score (nSPS) is 17.0. The maximum atomic E-state index is 14.0. The number of rotatable bonds is 5. The van der Waals surface area contributed by atoms with E-state index < -0.39 is 0 Å². The Morgan fingerprint density at radius 1 is 1.00 bits per heavy atom. The van der Waals surface area contributed by atoms with Crippen molar-refractivity contribution >= 4 is 0 Å². The first-order valence-electron chi connectivity index (χ1n) is 9.55. The van der Waals surface area contributed by atoms with Gasteiger partial charge in [0.15, 0.2) is 0 Å². The van der Waals surface area contributed by atoms with Crippen LogP contribution in [0.5, 0.6) is 11.5 Å². The lowest BCUT2D eigenvalue weighted by Crippen LogP contribution is -2.29. The molecule has 1 unspecified atom stereocenters. The molecule has 146 valence electrons. The van der Waals surface area contributed by atoms with E-state index in [2.05, 4.69) is 27.8 Å². The zero-order chi connectivity index (χ0) is 19.5. The number of ether oxygens (including phenoxy) is 2. The minimum Gasteiger partial charge on any atom is -0.497 e. The van der Waals surface area contributed by atoms with Gasteiger partial charge in [0.2, 0.25) is 0 Å². The third-order valence-corrected chi connectivity index (χ3v) is 5.38. The fraction of sp³-hybridized carbons (Fsp3) is 0.304. The summed E-state index contributed by atoms with van der Waals surface area (Å²) >= 11 is 0. The molecule has 0 amide bonds. The summed E-state index contributed by atoms with van der Waals surface area (Å²) in [6.07, 6.45) is 3.14. The highest BCUT2D eigenvalue weighted by Crippen LogP contribution is 2.35. The number of hydrogen-bond donors (Lipinski definition) is 0. The van der Waals surface area contributed by atoms with Gasteiger partial charge in [-0.15, -0.1) is 0 Å². The summed E-state index contributed by atoms with van der Waals surface area (Å²) < 4.78 is 27.3. The van der Waals surface area contributed by atoms with Crippen LogP contribution in [0.25, 0.3) is 0 Å². The second kappa shape index (κ2) is 8.07. The van der Waals surface area contributed by atoms with Gasteiger partial charge in [0, 0.05) is 37.1 Å². The Morgan fingerprint density at radius 3 is 2.68 bits per heavy atom. The first-order chi connectivity index (χ1) is 13.7. The molecule has 0 fully saturated rings. The first-order valence-corrected chi connectivity index (χ1v) is 9.55. The number of hydrogen-bond acceptors (Lipinski definition) is 3. The maximum absolute atomic E-state index is 14.0. The first kappa shape index (κ1) is 18.6. The Morgan fingerprint density at radius 2 is 1.89 bits per heavy atom. The minimum absolute atomic E-state index is 0.0240. The standard InChI is InChI=1S/C23H25FN2O2/c1-27-20-9-10-22(28-2)18(15-20)16-26-13-5-12-25-11-4-8-21(25)23(26)17-6-3-7-19(24)14-17/h3-4,6-11,14-15,23H,5,12-13,16H2,1-2H3. The molecule has 0 spiro atoms. The molecule has 1 aromatic heterocycles. The molecular weight excluding hydrogens is 355 g/mol. The van der Waals surface area contributed by atoms with Crippen LogP contribution in [0.2, 0.25) is 0 Å². The van der Waals surface area contributed by atoms with Crippen molar-refractivity contribution in [2.24, 2.45) is 0 Å². The Labute approximate surface area is 165 Å². The zero-order valence-corrected chi connectivity index (χ0v) is 16.3. The largest absolute Gasteiger partial charge is 0.497 e. The summed E-state index contributed by atoms with van der Waals surface area (Å²) in [4.78, 5) is 2.39. The summed E-state index contributed by atoms with van der Waals surface area (Å²) in [5, 5.41) is 0. The van der Waals surface area contributed by atoms with Crippen LogP contribution in [0.3, 0.4) is 0 Å². The quantitative estimate of drug-likeness (QED) is 0.645. The lowest BCUT2D eigenvalue weighted by atomic mass is 10.0. The van der Waals surface area contributed by atoms with Gasteiger partial charge in [-0.3, -0.25) is 4.90 Å². The predicted molar refractivity (Wildman–Crippen MR) is 107 cm³/mol. The van der Waals surface area contributed by atoms with Gasteiger partial charge in [-0.25, -0.2) is 4.39 Å². The number of halogens is 1. The number of nitrogens with zero attached hydrogens (tertiary/aromatic N) is 2. The molecule has 1 atom stereocenters.